The highest BCUT2D eigenvalue weighted by atomic mass is 32.2. The molecule has 1 unspecified atom stereocenters. The summed E-state index contributed by atoms with van der Waals surface area (Å²) in [6, 6.07) is 0. The average Bonchev–Trinajstić information content (AvgIpc) is 2.96. The molecule has 21 heavy (non-hydrogen) atoms. The van der Waals surface area contributed by atoms with E-state index < -0.39 is 9.84 Å². The molecule has 1 N–H and O–H groups in total. The summed E-state index contributed by atoms with van der Waals surface area (Å²) in [4.78, 5) is 11.9. The summed E-state index contributed by atoms with van der Waals surface area (Å²) in [6.45, 7) is 2.15. The smallest absolute Gasteiger partial charge is 0.226 e. The molecule has 0 aromatic carbocycles. The minimum absolute atomic E-state index is 0.0630. The van der Waals surface area contributed by atoms with Gasteiger partial charge < -0.3 is 5.32 Å². The maximum atomic E-state index is 11.9. The van der Waals surface area contributed by atoms with Gasteiger partial charge in [0.05, 0.1) is 11.5 Å². The Morgan fingerprint density at radius 3 is 2.86 bits per heavy atom. The molecule has 1 fully saturated rings. The molecule has 0 saturated carbocycles. The van der Waals surface area contributed by atoms with Gasteiger partial charge in [-0.05, 0) is 18.8 Å². The molecule has 0 radical (unpaired) electrons. The van der Waals surface area contributed by atoms with Gasteiger partial charge in [-0.15, -0.1) is 10.2 Å². The van der Waals surface area contributed by atoms with Crippen molar-refractivity contribution in [1.82, 2.24) is 10.2 Å². The quantitative estimate of drug-likeness (QED) is 0.772. The van der Waals surface area contributed by atoms with Crippen molar-refractivity contribution >= 4 is 32.2 Å². The first-order valence-corrected chi connectivity index (χ1v) is 9.95. The molecule has 1 amide bonds. The van der Waals surface area contributed by atoms with Gasteiger partial charge in [0.15, 0.2) is 9.84 Å². The molecule has 1 saturated heterocycles. The van der Waals surface area contributed by atoms with Crippen molar-refractivity contribution in [3.63, 3.8) is 0 Å². The lowest BCUT2D eigenvalue weighted by Gasteiger charge is -2.05. The SMILES string of the molecule is CCCCCc1nnc(NC(=O)CC2CCS(=O)(=O)C2)s1. The second kappa shape index (κ2) is 7.31. The number of aryl methyl sites for hydroxylation is 1. The number of hydrogen-bond donors (Lipinski definition) is 1. The van der Waals surface area contributed by atoms with E-state index in [1.165, 1.54) is 11.3 Å². The third-order valence-corrected chi connectivity index (χ3v) is 6.24. The first-order chi connectivity index (χ1) is 9.98. The molecule has 1 aromatic heterocycles. The Morgan fingerprint density at radius 1 is 1.38 bits per heavy atom. The van der Waals surface area contributed by atoms with Gasteiger partial charge in [-0.25, -0.2) is 8.42 Å². The van der Waals surface area contributed by atoms with E-state index in [9.17, 15) is 13.2 Å². The molecule has 2 rings (SSSR count). The topological polar surface area (TPSA) is 89.0 Å². The monoisotopic (exact) mass is 331 g/mol. The maximum Gasteiger partial charge on any atom is 0.226 e. The second-order valence-electron chi connectivity index (χ2n) is 5.48. The van der Waals surface area contributed by atoms with Crippen molar-refractivity contribution in [3.05, 3.63) is 5.01 Å². The van der Waals surface area contributed by atoms with Gasteiger partial charge in [-0.3, -0.25) is 4.79 Å². The number of carbonyl (C=O) groups excluding carboxylic acids is 1. The highest BCUT2D eigenvalue weighted by molar-refractivity contribution is 7.91. The molecule has 0 aliphatic carbocycles. The first kappa shape index (κ1) is 16.4. The summed E-state index contributed by atoms with van der Waals surface area (Å²) >= 11 is 1.40. The number of hydrogen-bond acceptors (Lipinski definition) is 6. The van der Waals surface area contributed by atoms with E-state index in [0.717, 1.165) is 30.7 Å². The van der Waals surface area contributed by atoms with E-state index in [1.807, 2.05) is 0 Å². The van der Waals surface area contributed by atoms with Crippen LogP contribution in [0.15, 0.2) is 0 Å². The predicted octanol–water partition coefficient (Wildman–Crippen LogP) is 2.03. The Morgan fingerprint density at radius 2 is 2.19 bits per heavy atom. The Kier molecular flexibility index (Phi) is 5.69. The number of nitrogens with one attached hydrogen (secondary N) is 1. The molecule has 6 nitrogen and oxygen atoms in total. The zero-order chi connectivity index (χ0) is 15.3. The van der Waals surface area contributed by atoms with Crippen LogP contribution in [0.5, 0.6) is 0 Å². The number of amides is 1. The number of anilines is 1. The van der Waals surface area contributed by atoms with Crippen LogP contribution in [0, 0.1) is 5.92 Å². The number of carbonyl (C=O) groups is 1. The molecule has 1 aliphatic rings. The molecule has 1 aliphatic heterocycles. The fourth-order valence-corrected chi connectivity index (χ4v) is 5.06. The first-order valence-electron chi connectivity index (χ1n) is 7.31. The molecule has 1 aromatic rings. The van der Waals surface area contributed by atoms with Gasteiger partial charge >= 0.3 is 0 Å². The molecule has 1 atom stereocenters. The van der Waals surface area contributed by atoms with Crippen LogP contribution in [0.4, 0.5) is 5.13 Å². The fraction of sp³-hybridized carbons (Fsp3) is 0.769. The van der Waals surface area contributed by atoms with E-state index in [4.69, 9.17) is 0 Å². The summed E-state index contributed by atoms with van der Waals surface area (Å²) in [6.07, 6.45) is 5.11. The lowest BCUT2D eigenvalue weighted by molar-refractivity contribution is -0.116. The normalized spacial score (nSPS) is 20.5. The Labute approximate surface area is 129 Å². The van der Waals surface area contributed by atoms with Gasteiger partial charge in [-0.1, -0.05) is 31.1 Å². The molecular weight excluding hydrogens is 310 g/mol. The van der Waals surface area contributed by atoms with Gasteiger partial charge in [0.2, 0.25) is 11.0 Å². The largest absolute Gasteiger partial charge is 0.301 e. The fourth-order valence-electron chi connectivity index (χ4n) is 2.40. The van der Waals surface area contributed by atoms with Gasteiger partial charge in [0.25, 0.3) is 0 Å². The summed E-state index contributed by atoms with van der Waals surface area (Å²) in [5.74, 6) is 0.0877. The zero-order valence-electron chi connectivity index (χ0n) is 12.2. The van der Waals surface area contributed by atoms with Gasteiger partial charge in [-0.2, -0.15) is 0 Å². The van der Waals surface area contributed by atoms with Crippen LogP contribution < -0.4 is 5.32 Å². The number of aromatic nitrogens is 2. The lowest BCUT2D eigenvalue weighted by Crippen LogP contribution is -2.17. The zero-order valence-corrected chi connectivity index (χ0v) is 13.8. The summed E-state index contributed by atoms with van der Waals surface area (Å²) in [5.41, 5.74) is 0. The molecule has 8 heteroatoms. The predicted molar refractivity (Wildman–Crippen MR) is 83.1 cm³/mol. The van der Waals surface area contributed by atoms with Crippen LogP contribution in [0.2, 0.25) is 0 Å². The van der Waals surface area contributed by atoms with Crippen molar-refractivity contribution in [2.45, 2.75) is 45.4 Å². The van der Waals surface area contributed by atoms with Crippen LogP contribution in [0.25, 0.3) is 0 Å². The third kappa shape index (κ3) is 5.35. The minimum Gasteiger partial charge on any atom is -0.301 e. The van der Waals surface area contributed by atoms with Crippen molar-refractivity contribution in [2.24, 2.45) is 5.92 Å². The highest BCUT2D eigenvalue weighted by Crippen LogP contribution is 2.23. The van der Waals surface area contributed by atoms with Crippen molar-refractivity contribution in [2.75, 3.05) is 16.8 Å². The molecule has 2 heterocycles. The Hall–Kier alpha value is -1.02. The number of unbranched alkanes of at least 4 members (excludes halogenated alkanes) is 2. The second-order valence-corrected chi connectivity index (χ2v) is 8.77. The number of sulfone groups is 1. The third-order valence-electron chi connectivity index (χ3n) is 3.51. The standard InChI is InChI=1S/C13H21N3O3S2/c1-2-3-4-5-12-15-16-13(20-12)14-11(17)8-10-6-7-21(18,19)9-10/h10H,2-9H2,1H3,(H,14,16,17). The van der Waals surface area contributed by atoms with Crippen LogP contribution in [0.3, 0.4) is 0 Å². The van der Waals surface area contributed by atoms with E-state index in [1.54, 1.807) is 0 Å². The van der Waals surface area contributed by atoms with E-state index >= 15 is 0 Å². The van der Waals surface area contributed by atoms with Crippen molar-refractivity contribution in [1.29, 1.82) is 0 Å². The van der Waals surface area contributed by atoms with E-state index in [2.05, 4.69) is 22.4 Å². The van der Waals surface area contributed by atoms with Crippen LogP contribution in [-0.4, -0.2) is 36.0 Å². The summed E-state index contributed by atoms with van der Waals surface area (Å²) < 4.78 is 22.7. The molecule has 0 bridgehead atoms. The maximum absolute atomic E-state index is 11.9. The Balaban J connectivity index is 1.77. The lowest BCUT2D eigenvalue weighted by atomic mass is 10.1. The van der Waals surface area contributed by atoms with Gasteiger partial charge in [0.1, 0.15) is 5.01 Å². The Bertz CT molecular complexity index is 583. The number of nitrogens with zero attached hydrogens (tertiary/aromatic N) is 2. The van der Waals surface area contributed by atoms with Crippen molar-refractivity contribution < 1.29 is 13.2 Å². The number of rotatable bonds is 7. The van der Waals surface area contributed by atoms with E-state index in [0.29, 0.717) is 11.6 Å². The minimum atomic E-state index is -2.93. The van der Waals surface area contributed by atoms with Crippen LogP contribution in [0.1, 0.15) is 44.0 Å². The molecule has 118 valence electrons. The molecule has 0 spiro atoms. The molecular formula is C13H21N3O3S2. The van der Waals surface area contributed by atoms with E-state index in [-0.39, 0.29) is 29.8 Å². The van der Waals surface area contributed by atoms with Gasteiger partial charge in [0, 0.05) is 12.8 Å². The average molecular weight is 331 g/mol. The summed E-state index contributed by atoms with van der Waals surface area (Å²) in [5, 5.41) is 12.2. The van der Waals surface area contributed by atoms with Crippen LogP contribution >= 0.6 is 11.3 Å². The summed E-state index contributed by atoms with van der Waals surface area (Å²) in [7, 11) is -2.93. The highest BCUT2D eigenvalue weighted by Gasteiger charge is 2.29. The van der Waals surface area contributed by atoms with Crippen molar-refractivity contribution in [3.8, 4) is 0 Å². The van der Waals surface area contributed by atoms with Crippen LogP contribution in [-0.2, 0) is 21.1 Å².